The van der Waals surface area contributed by atoms with E-state index in [1.807, 2.05) is 81.4 Å². The van der Waals surface area contributed by atoms with E-state index in [-0.39, 0.29) is 12.5 Å². The summed E-state index contributed by atoms with van der Waals surface area (Å²) in [4.78, 5) is 27.1. The maximum absolute atomic E-state index is 13.6. The predicted octanol–water partition coefficient (Wildman–Crippen LogP) is 5.96. The average Bonchev–Trinajstić information content (AvgIpc) is 3.31. The first-order chi connectivity index (χ1) is 15.9. The highest BCUT2D eigenvalue weighted by atomic mass is 32.1. The van der Waals surface area contributed by atoms with Gasteiger partial charge >= 0.3 is 5.97 Å². The highest BCUT2D eigenvalue weighted by Gasteiger charge is 2.27. The predicted molar refractivity (Wildman–Crippen MR) is 131 cm³/mol. The smallest absolute Gasteiger partial charge is 0.341 e. The lowest BCUT2D eigenvalue weighted by Crippen LogP contribution is -2.16. The van der Waals surface area contributed by atoms with E-state index < -0.39 is 5.97 Å². The monoisotopic (exact) mass is 459 g/mol. The molecule has 0 saturated heterocycles. The van der Waals surface area contributed by atoms with Crippen molar-refractivity contribution in [2.24, 2.45) is 0 Å². The van der Waals surface area contributed by atoms with Crippen molar-refractivity contribution in [3.63, 3.8) is 0 Å². The van der Waals surface area contributed by atoms with E-state index in [1.54, 1.807) is 11.6 Å². The minimum Gasteiger partial charge on any atom is -0.462 e. The third-order valence-corrected chi connectivity index (χ3v) is 6.61. The van der Waals surface area contributed by atoms with Crippen molar-refractivity contribution >= 4 is 28.2 Å². The van der Waals surface area contributed by atoms with Gasteiger partial charge < -0.3 is 10.1 Å². The van der Waals surface area contributed by atoms with E-state index in [0.717, 1.165) is 21.7 Å². The quantitative estimate of drug-likeness (QED) is 0.361. The lowest BCUT2D eigenvalue weighted by molar-refractivity contribution is 0.0527. The highest BCUT2D eigenvalue weighted by Crippen LogP contribution is 2.35. The molecule has 4 rings (SSSR count). The summed E-state index contributed by atoms with van der Waals surface area (Å²) in [5, 5.41) is 8.24. The maximum Gasteiger partial charge on any atom is 0.341 e. The van der Waals surface area contributed by atoms with Gasteiger partial charge in [-0.15, -0.1) is 11.3 Å². The van der Waals surface area contributed by atoms with Crippen LogP contribution in [0.1, 0.15) is 43.8 Å². The molecule has 0 aliphatic rings. The minimum absolute atomic E-state index is 0.266. The van der Waals surface area contributed by atoms with Crippen molar-refractivity contribution in [1.82, 2.24) is 9.78 Å². The van der Waals surface area contributed by atoms with Gasteiger partial charge in [-0.05, 0) is 45.4 Å². The van der Waals surface area contributed by atoms with Gasteiger partial charge in [0.25, 0.3) is 5.91 Å². The summed E-state index contributed by atoms with van der Waals surface area (Å²) in [6.07, 6.45) is 0. The molecule has 0 saturated carbocycles. The zero-order valence-electron chi connectivity index (χ0n) is 19.0. The summed E-state index contributed by atoms with van der Waals surface area (Å²) in [6, 6.07) is 19.3. The Labute approximate surface area is 196 Å². The molecule has 0 aliphatic heterocycles. The number of carbonyl (C=O) groups is 2. The van der Waals surface area contributed by atoms with Crippen molar-refractivity contribution < 1.29 is 14.3 Å². The summed E-state index contributed by atoms with van der Waals surface area (Å²) >= 11 is 1.37. The van der Waals surface area contributed by atoms with Crippen molar-refractivity contribution in [3.8, 4) is 16.9 Å². The van der Waals surface area contributed by atoms with Gasteiger partial charge in [-0.25, -0.2) is 9.48 Å². The highest BCUT2D eigenvalue weighted by molar-refractivity contribution is 7.16. The van der Waals surface area contributed by atoms with Crippen LogP contribution in [0.15, 0.2) is 60.7 Å². The van der Waals surface area contributed by atoms with Gasteiger partial charge in [0, 0.05) is 10.4 Å². The molecular weight excluding hydrogens is 434 g/mol. The topological polar surface area (TPSA) is 73.2 Å². The van der Waals surface area contributed by atoms with E-state index in [2.05, 4.69) is 5.32 Å². The first kappa shape index (κ1) is 22.5. The van der Waals surface area contributed by atoms with E-state index >= 15 is 0 Å². The second-order valence-corrected chi connectivity index (χ2v) is 8.81. The Balaban J connectivity index is 1.81. The van der Waals surface area contributed by atoms with Crippen LogP contribution in [0.25, 0.3) is 16.9 Å². The van der Waals surface area contributed by atoms with Crippen molar-refractivity contribution in [1.29, 1.82) is 0 Å². The van der Waals surface area contributed by atoms with Gasteiger partial charge in [-0.1, -0.05) is 48.5 Å². The summed E-state index contributed by atoms with van der Waals surface area (Å²) in [5.41, 5.74) is 4.67. The van der Waals surface area contributed by atoms with Crippen molar-refractivity contribution in [2.45, 2.75) is 27.7 Å². The van der Waals surface area contributed by atoms with E-state index in [9.17, 15) is 9.59 Å². The molecule has 1 N–H and O–H groups in total. The third kappa shape index (κ3) is 4.32. The summed E-state index contributed by atoms with van der Waals surface area (Å²) in [5.74, 6) is -0.755. The second kappa shape index (κ2) is 9.42. The number of amides is 1. The number of rotatable bonds is 6. The van der Waals surface area contributed by atoms with Crippen LogP contribution in [-0.4, -0.2) is 28.3 Å². The number of thiophene rings is 1. The van der Waals surface area contributed by atoms with Crippen LogP contribution in [0.3, 0.4) is 0 Å². The number of nitrogens with zero attached hydrogens (tertiary/aromatic N) is 2. The molecule has 0 aliphatic carbocycles. The summed E-state index contributed by atoms with van der Waals surface area (Å²) in [7, 11) is 0. The van der Waals surface area contributed by atoms with Gasteiger partial charge in [-0.3, -0.25) is 4.79 Å². The number of nitrogens with one attached hydrogen (secondary N) is 1. The number of aryl methyl sites for hydroxylation is 1. The molecule has 0 atom stereocenters. The molecule has 0 spiro atoms. The molecule has 2 aromatic heterocycles. The van der Waals surface area contributed by atoms with Gasteiger partial charge in [0.15, 0.2) is 0 Å². The molecule has 4 aromatic rings. The molecule has 33 heavy (non-hydrogen) atoms. The van der Waals surface area contributed by atoms with Crippen LogP contribution in [0, 0.1) is 20.8 Å². The molecule has 1 amide bonds. The van der Waals surface area contributed by atoms with Gasteiger partial charge in [0.1, 0.15) is 10.7 Å². The Kier molecular flexibility index (Phi) is 6.42. The van der Waals surface area contributed by atoms with E-state index in [1.165, 1.54) is 11.3 Å². The fourth-order valence-corrected chi connectivity index (χ4v) is 4.77. The Morgan fingerprint density at radius 3 is 2.24 bits per heavy atom. The fraction of sp³-hybridized carbons (Fsp3) is 0.192. The molecule has 0 fully saturated rings. The molecule has 0 bridgehead atoms. The molecule has 7 heteroatoms. The average molecular weight is 460 g/mol. The molecule has 2 aromatic carbocycles. The summed E-state index contributed by atoms with van der Waals surface area (Å²) in [6.45, 7) is 7.69. The fourth-order valence-electron chi connectivity index (χ4n) is 3.72. The van der Waals surface area contributed by atoms with Crippen LogP contribution in [0.2, 0.25) is 0 Å². The van der Waals surface area contributed by atoms with Gasteiger partial charge in [0.05, 0.1) is 29.1 Å². The number of esters is 1. The largest absolute Gasteiger partial charge is 0.462 e. The third-order valence-electron chi connectivity index (χ3n) is 5.48. The molecule has 6 nitrogen and oxygen atoms in total. The number of hydrogen-bond acceptors (Lipinski definition) is 5. The van der Waals surface area contributed by atoms with Crippen LogP contribution < -0.4 is 5.32 Å². The van der Waals surface area contributed by atoms with Gasteiger partial charge in [-0.2, -0.15) is 5.10 Å². The number of carbonyl (C=O) groups excluding carboxylic acids is 2. The lowest BCUT2D eigenvalue weighted by atomic mass is 10.1. The van der Waals surface area contributed by atoms with Crippen molar-refractivity contribution in [3.05, 3.63) is 87.9 Å². The first-order valence-corrected chi connectivity index (χ1v) is 11.5. The number of aromatic nitrogens is 2. The first-order valence-electron chi connectivity index (χ1n) is 10.7. The minimum atomic E-state index is -0.436. The van der Waals surface area contributed by atoms with Crippen LogP contribution >= 0.6 is 11.3 Å². The number of ether oxygens (including phenoxy) is 1. The molecule has 0 unspecified atom stereocenters. The Morgan fingerprint density at radius 1 is 0.970 bits per heavy atom. The second-order valence-electron chi connectivity index (χ2n) is 7.58. The molecule has 0 radical (unpaired) electrons. The molecule has 168 valence electrons. The number of hydrogen-bond donors (Lipinski definition) is 1. The molecule has 2 heterocycles. The SMILES string of the molecule is CCOC(=O)c1c(NC(=O)c2c(-c3ccccc3)nn(-c3ccccc3)c2C)sc(C)c1C. The Bertz CT molecular complexity index is 1310. The van der Waals surface area contributed by atoms with Crippen LogP contribution in [0.5, 0.6) is 0 Å². The molecular formula is C26H25N3O3S. The number of para-hydroxylation sites is 1. The van der Waals surface area contributed by atoms with E-state index in [0.29, 0.717) is 27.5 Å². The van der Waals surface area contributed by atoms with Gasteiger partial charge in [0.2, 0.25) is 0 Å². The lowest BCUT2D eigenvalue weighted by Gasteiger charge is -2.09. The normalized spacial score (nSPS) is 10.8. The Hall–Kier alpha value is -3.71. The maximum atomic E-state index is 13.6. The van der Waals surface area contributed by atoms with Crippen LogP contribution in [-0.2, 0) is 4.74 Å². The zero-order chi connectivity index (χ0) is 23.5. The standard InChI is InChI=1S/C26H25N3O3S/c1-5-32-26(31)21-16(2)18(4)33-25(21)27-24(30)22-17(3)29(20-14-10-7-11-15-20)28-23(22)19-12-8-6-9-13-19/h6-15H,5H2,1-4H3,(H,27,30). The van der Waals surface area contributed by atoms with Crippen LogP contribution in [0.4, 0.5) is 5.00 Å². The van der Waals surface area contributed by atoms with E-state index in [4.69, 9.17) is 9.84 Å². The number of benzene rings is 2. The van der Waals surface area contributed by atoms with Crippen molar-refractivity contribution in [2.75, 3.05) is 11.9 Å². The zero-order valence-corrected chi connectivity index (χ0v) is 19.8. The number of anilines is 1. The Morgan fingerprint density at radius 2 is 1.61 bits per heavy atom. The summed E-state index contributed by atoms with van der Waals surface area (Å²) < 4.78 is 7.00.